The monoisotopic (exact) mass is 332 g/mol. The number of fused-ring (bicyclic) bond motifs is 1. The van der Waals surface area contributed by atoms with Gasteiger partial charge in [0.15, 0.2) is 17.3 Å². The van der Waals surface area contributed by atoms with E-state index >= 15 is 0 Å². The van der Waals surface area contributed by atoms with Crippen LogP contribution in [0, 0.1) is 13.8 Å². The number of hydrogen-bond donors (Lipinski definition) is 0. The van der Waals surface area contributed by atoms with Crippen LogP contribution in [0.4, 0.5) is 0 Å². The lowest BCUT2D eigenvalue weighted by Gasteiger charge is -2.19. The fraction of sp³-hybridized carbons (Fsp3) is 0.294. The van der Waals surface area contributed by atoms with Crippen molar-refractivity contribution in [2.45, 2.75) is 13.8 Å². The molecule has 0 spiro atoms. The van der Waals surface area contributed by atoms with Crippen molar-refractivity contribution < 1.29 is 14.3 Å². The van der Waals surface area contributed by atoms with Crippen LogP contribution in [0.2, 0.25) is 5.02 Å². The highest BCUT2D eigenvalue weighted by Crippen LogP contribution is 2.38. The highest BCUT2D eigenvalue weighted by Gasteiger charge is 2.17. The fourth-order valence-electron chi connectivity index (χ4n) is 2.61. The molecule has 6 heteroatoms. The van der Waals surface area contributed by atoms with E-state index in [1.165, 1.54) is 6.08 Å². The number of allylic oxidation sites excluding steroid dienone is 1. The minimum Gasteiger partial charge on any atom is -0.486 e. The van der Waals surface area contributed by atoms with Gasteiger partial charge in [-0.25, -0.2) is 0 Å². The van der Waals surface area contributed by atoms with Gasteiger partial charge in [-0.2, -0.15) is 5.10 Å². The van der Waals surface area contributed by atoms with Crippen LogP contribution in [0.3, 0.4) is 0 Å². The van der Waals surface area contributed by atoms with Crippen LogP contribution in [0.5, 0.6) is 11.5 Å². The molecule has 2 heterocycles. The van der Waals surface area contributed by atoms with E-state index < -0.39 is 0 Å². The molecule has 1 aliphatic rings. The molecule has 1 aromatic heterocycles. The molecule has 3 rings (SSSR count). The summed E-state index contributed by atoms with van der Waals surface area (Å²) in [6.45, 7) is 4.68. The van der Waals surface area contributed by atoms with Gasteiger partial charge in [0.2, 0.25) is 0 Å². The lowest BCUT2D eigenvalue weighted by atomic mass is 10.1. The summed E-state index contributed by atoms with van der Waals surface area (Å²) in [5, 5.41) is 4.74. The normalized spacial score (nSPS) is 13.6. The highest BCUT2D eigenvalue weighted by molar-refractivity contribution is 6.32. The number of ether oxygens (including phenoxy) is 2. The molecule has 0 N–H and O–H groups in total. The van der Waals surface area contributed by atoms with E-state index in [4.69, 9.17) is 21.1 Å². The van der Waals surface area contributed by atoms with Crippen LogP contribution in [-0.2, 0) is 7.05 Å². The molecule has 0 amide bonds. The minimum atomic E-state index is -0.0842. The molecule has 1 aliphatic heterocycles. The van der Waals surface area contributed by atoms with Crippen molar-refractivity contribution in [1.82, 2.24) is 9.78 Å². The average Bonchev–Trinajstić information content (AvgIpc) is 2.78. The molecule has 23 heavy (non-hydrogen) atoms. The smallest absolute Gasteiger partial charge is 0.189 e. The average molecular weight is 333 g/mol. The zero-order chi connectivity index (χ0) is 16.6. The lowest BCUT2D eigenvalue weighted by Crippen LogP contribution is -2.15. The number of rotatable bonds is 3. The fourth-order valence-corrected chi connectivity index (χ4v) is 2.89. The van der Waals surface area contributed by atoms with Crippen molar-refractivity contribution in [2.75, 3.05) is 13.2 Å². The van der Waals surface area contributed by atoms with Gasteiger partial charge in [-0.15, -0.1) is 0 Å². The van der Waals surface area contributed by atoms with Gasteiger partial charge in [0.1, 0.15) is 13.2 Å². The van der Waals surface area contributed by atoms with Crippen LogP contribution < -0.4 is 9.47 Å². The van der Waals surface area contributed by atoms with E-state index in [1.807, 2.05) is 27.0 Å². The molecule has 0 saturated carbocycles. The van der Waals surface area contributed by atoms with Crippen LogP contribution in [0.1, 0.15) is 27.3 Å². The largest absolute Gasteiger partial charge is 0.486 e. The van der Waals surface area contributed by atoms with Gasteiger partial charge in [-0.05, 0) is 37.6 Å². The summed E-state index contributed by atoms with van der Waals surface area (Å²) in [4.78, 5) is 12.4. The number of carbonyl (C=O) groups is 1. The molecule has 120 valence electrons. The first-order valence-electron chi connectivity index (χ1n) is 7.29. The number of benzene rings is 1. The third kappa shape index (κ3) is 2.97. The summed E-state index contributed by atoms with van der Waals surface area (Å²) in [6.07, 6.45) is 3.25. The molecule has 0 atom stereocenters. The Morgan fingerprint density at radius 3 is 2.74 bits per heavy atom. The van der Waals surface area contributed by atoms with Gasteiger partial charge >= 0.3 is 0 Å². The standard InChI is InChI=1S/C17H17ClN2O3/c1-10-16(11(2)20(3)19-10)14(21)5-4-12-8-13(18)17-15(9-12)22-6-7-23-17/h4-5,8-9H,6-7H2,1-3H3. The summed E-state index contributed by atoms with van der Waals surface area (Å²) in [5.74, 6) is 1.07. The summed E-state index contributed by atoms with van der Waals surface area (Å²) >= 11 is 6.20. The minimum absolute atomic E-state index is 0.0842. The van der Waals surface area contributed by atoms with Crippen molar-refractivity contribution in [1.29, 1.82) is 0 Å². The topological polar surface area (TPSA) is 53.4 Å². The van der Waals surface area contributed by atoms with Crippen LogP contribution in [0.25, 0.3) is 6.08 Å². The predicted octanol–water partition coefficient (Wildman–Crippen LogP) is 3.36. The van der Waals surface area contributed by atoms with Crippen LogP contribution in [-0.4, -0.2) is 28.8 Å². The maximum atomic E-state index is 12.4. The van der Waals surface area contributed by atoms with Crippen molar-refractivity contribution in [3.8, 4) is 11.5 Å². The maximum Gasteiger partial charge on any atom is 0.189 e. The summed E-state index contributed by atoms with van der Waals surface area (Å²) in [6, 6.07) is 3.56. The van der Waals surface area contributed by atoms with Gasteiger partial charge in [-0.1, -0.05) is 17.7 Å². The van der Waals surface area contributed by atoms with Crippen LogP contribution in [0.15, 0.2) is 18.2 Å². The second kappa shape index (κ2) is 6.08. The number of nitrogens with zero attached hydrogens (tertiary/aromatic N) is 2. The van der Waals surface area contributed by atoms with Gasteiger partial charge in [0.25, 0.3) is 0 Å². The van der Waals surface area contributed by atoms with E-state index in [2.05, 4.69) is 5.10 Å². The number of aromatic nitrogens is 2. The number of hydrogen-bond acceptors (Lipinski definition) is 4. The van der Waals surface area contributed by atoms with Crippen molar-refractivity contribution in [3.05, 3.63) is 45.7 Å². The molecule has 1 aromatic carbocycles. The van der Waals surface area contributed by atoms with Gasteiger partial charge in [-0.3, -0.25) is 9.48 Å². The molecule has 0 radical (unpaired) electrons. The Labute approximate surface area is 139 Å². The molecular weight excluding hydrogens is 316 g/mol. The van der Waals surface area contributed by atoms with Gasteiger partial charge in [0, 0.05) is 12.7 Å². The molecule has 5 nitrogen and oxygen atoms in total. The molecule has 0 bridgehead atoms. The number of ketones is 1. The Kier molecular flexibility index (Phi) is 4.13. The van der Waals surface area contributed by atoms with Crippen molar-refractivity contribution in [3.63, 3.8) is 0 Å². The molecule has 0 unspecified atom stereocenters. The Balaban J connectivity index is 1.88. The van der Waals surface area contributed by atoms with E-state index in [-0.39, 0.29) is 5.78 Å². The second-order valence-electron chi connectivity index (χ2n) is 5.39. The molecule has 2 aromatic rings. The second-order valence-corrected chi connectivity index (χ2v) is 5.80. The van der Waals surface area contributed by atoms with E-state index in [0.29, 0.717) is 35.3 Å². The highest BCUT2D eigenvalue weighted by atomic mass is 35.5. The first-order chi connectivity index (χ1) is 11.0. The van der Waals surface area contributed by atoms with E-state index in [1.54, 1.807) is 16.8 Å². The van der Waals surface area contributed by atoms with E-state index in [0.717, 1.165) is 17.0 Å². The van der Waals surface area contributed by atoms with Crippen molar-refractivity contribution >= 4 is 23.5 Å². The van der Waals surface area contributed by atoms with Crippen molar-refractivity contribution in [2.24, 2.45) is 7.05 Å². The SMILES string of the molecule is Cc1nn(C)c(C)c1C(=O)C=Cc1cc(Cl)c2c(c1)OCCO2. The third-order valence-corrected chi connectivity index (χ3v) is 4.08. The summed E-state index contributed by atoms with van der Waals surface area (Å²) in [7, 11) is 1.82. The van der Waals surface area contributed by atoms with Gasteiger partial charge < -0.3 is 9.47 Å². The maximum absolute atomic E-state index is 12.4. The predicted molar refractivity (Wildman–Crippen MR) is 88.5 cm³/mol. The quantitative estimate of drug-likeness (QED) is 0.639. The number of carbonyl (C=O) groups excluding carboxylic acids is 1. The zero-order valence-electron chi connectivity index (χ0n) is 13.2. The zero-order valence-corrected chi connectivity index (χ0v) is 14.0. The molecular formula is C17H17ClN2O3. The van der Waals surface area contributed by atoms with Gasteiger partial charge in [0.05, 0.1) is 16.3 Å². The Hall–Kier alpha value is -2.27. The first kappa shape index (κ1) is 15.6. The first-order valence-corrected chi connectivity index (χ1v) is 7.67. The van der Waals surface area contributed by atoms with Crippen LogP contribution >= 0.6 is 11.6 Å². The third-order valence-electron chi connectivity index (χ3n) is 3.80. The summed E-state index contributed by atoms with van der Waals surface area (Å²) in [5.41, 5.74) is 2.98. The Morgan fingerprint density at radius 2 is 2.04 bits per heavy atom. The Morgan fingerprint density at radius 1 is 1.30 bits per heavy atom. The molecule has 0 saturated heterocycles. The number of halogens is 1. The summed E-state index contributed by atoms with van der Waals surface area (Å²) < 4.78 is 12.7. The lowest BCUT2D eigenvalue weighted by molar-refractivity contribution is 0.104. The van der Waals surface area contributed by atoms with E-state index in [9.17, 15) is 4.79 Å². The molecule has 0 fully saturated rings. The molecule has 0 aliphatic carbocycles. The number of aryl methyl sites for hydroxylation is 2. The Bertz CT molecular complexity index is 809.